The summed E-state index contributed by atoms with van der Waals surface area (Å²) in [6, 6.07) is 4.94. The van der Waals surface area contributed by atoms with E-state index in [4.69, 9.17) is 27.1 Å². The summed E-state index contributed by atoms with van der Waals surface area (Å²) in [4.78, 5) is 18.2. The first-order chi connectivity index (χ1) is 20.8. The molecule has 8 nitrogen and oxygen atoms in total. The maximum Gasteiger partial charge on any atom is 0.319 e. The minimum atomic E-state index is -0.897. The Kier molecular flexibility index (Phi) is 6.63. The van der Waals surface area contributed by atoms with Crippen LogP contribution in [0.2, 0.25) is 5.02 Å². The molecular weight excluding hydrogens is 599 g/mol. The normalized spacial score (nSPS) is 27.3. The number of anilines is 2. The first-order valence-electron chi connectivity index (χ1n) is 14.9. The monoisotopic (exact) mass is 629 g/mol. The summed E-state index contributed by atoms with van der Waals surface area (Å²) in [7, 11) is 0. The average molecular weight is 630 g/mol. The molecule has 43 heavy (non-hydrogen) atoms. The molecule has 5 aliphatic rings. The Bertz CT molecular complexity index is 1750. The molecule has 0 aliphatic carbocycles. The van der Waals surface area contributed by atoms with E-state index < -0.39 is 23.3 Å². The number of aromatic nitrogens is 3. The van der Waals surface area contributed by atoms with E-state index in [-0.39, 0.29) is 50.1 Å². The van der Waals surface area contributed by atoms with Crippen LogP contribution >= 0.6 is 22.9 Å². The van der Waals surface area contributed by atoms with Gasteiger partial charge in [0, 0.05) is 54.7 Å². The SMILES string of the molecule is Nc1nc2c(-c3c(Cl)cc4c(N5CC6CCCC5CN6)nc(OC[C@@]56CCCN5C[C@H](F)C6)nc4c3F)ccc(F)c2s1. The molecule has 0 saturated carbocycles. The van der Waals surface area contributed by atoms with Gasteiger partial charge in [-0.2, -0.15) is 9.97 Å². The van der Waals surface area contributed by atoms with E-state index >= 15 is 4.39 Å². The van der Waals surface area contributed by atoms with Crippen LogP contribution in [0.1, 0.15) is 38.5 Å². The number of rotatable bonds is 5. The minimum absolute atomic E-state index is 0.0495. The Labute approximate surface area is 255 Å². The van der Waals surface area contributed by atoms with Crippen LogP contribution in [0.5, 0.6) is 6.01 Å². The van der Waals surface area contributed by atoms with Gasteiger partial charge in [-0.3, -0.25) is 4.90 Å². The Morgan fingerprint density at radius 2 is 2.02 bits per heavy atom. The highest BCUT2D eigenvalue weighted by Crippen LogP contribution is 2.44. The van der Waals surface area contributed by atoms with Crippen molar-refractivity contribution in [3.8, 4) is 17.1 Å². The van der Waals surface area contributed by atoms with Crippen LogP contribution in [-0.4, -0.2) is 76.4 Å². The molecule has 5 fully saturated rings. The van der Waals surface area contributed by atoms with Crippen molar-refractivity contribution >= 4 is 55.0 Å². The van der Waals surface area contributed by atoms with Crippen molar-refractivity contribution in [2.75, 3.05) is 43.4 Å². The number of alkyl halides is 1. The molecular formula is C30H31ClF3N7OS. The van der Waals surface area contributed by atoms with Gasteiger partial charge in [0.05, 0.1) is 20.8 Å². The summed E-state index contributed by atoms with van der Waals surface area (Å²) in [6.45, 7) is 2.98. The number of nitrogen functional groups attached to an aromatic ring is 1. The highest BCUT2D eigenvalue weighted by Gasteiger charge is 2.49. The van der Waals surface area contributed by atoms with Gasteiger partial charge in [-0.25, -0.2) is 18.2 Å². The molecule has 9 rings (SSSR count). The standard InChI is InChI=1S/C30H31ClF3N7OS/c31-20-9-19-24(23(34)22(20)18-5-6-21(33)26-25(18)37-28(35)43-26)38-29(42-14-30-7-2-8-40(30)12-15(32)10-30)39-27(19)41-13-16-3-1-4-17(41)11-36-16/h5-6,9,15-17,36H,1-4,7-8,10-14H2,(H2,35,37)/t15-,16?,17?,30+/m1/s1. The highest BCUT2D eigenvalue weighted by molar-refractivity contribution is 7.22. The van der Waals surface area contributed by atoms with Gasteiger partial charge in [-0.05, 0) is 56.8 Å². The van der Waals surface area contributed by atoms with Crippen molar-refractivity contribution in [2.24, 2.45) is 0 Å². The number of halogens is 4. The molecule has 4 aromatic rings. The molecule has 7 heterocycles. The molecule has 2 aromatic carbocycles. The van der Waals surface area contributed by atoms with Gasteiger partial charge in [-0.15, -0.1) is 0 Å². The molecule has 226 valence electrons. The Morgan fingerprint density at radius 1 is 1.14 bits per heavy atom. The number of thiazole rings is 1. The Hall–Kier alpha value is -2.93. The average Bonchev–Trinajstić information content (AvgIpc) is 3.53. The van der Waals surface area contributed by atoms with E-state index in [1.807, 2.05) is 0 Å². The van der Waals surface area contributed by atoms with Crippen molar-refractivity contribution in [3.63, 3.8) is 0 Å². The van der Waals surface area contributed by atoms with Crippen LogP contribution in [0, 0.1) is 11.6 Å². The molecule has 0 amide bonds. The van der Waals surface area contributed by atoms with E-state index in [1.165, 1.54) is 12.1 Å². The van der Waals surface area contributed by atoms with Gasteiger partial charge in [0.2, 0.25) is 0 Å². The molecule has 4 atom stereocenters. The van der Waals surface area contributed by atoms with E-state index in [2.05, 4.69) is 25.1 Å². The quantitative estimate of drug-likeness (QED) is 0.290. The zero-order valence-corrected chi connectivity index (χ0v) is 25.0. The number of hydrogen-bond donors (Lipinski definition) is 2. The Morgan fingerprint density at radius 3 is 2.91 bits per heavy atom. The lowest BCUT2D eigenvalue weighted by molar-refractivity contribution is 0.107. The van der Waals surface area contributed by atoms with Crippen molar-refractivity contribution in [1.29, 1.82) is 0 Å². The van der Waals surface area contributed by atoms with Gasteiger partial charge in [0.15, 0.2) is 10.9 Å². The van der Waals surface area contributed by atoms with Crippen molar-refractivity contribution < 1.29 is 17.9 Å². The molecule has 2 aromatic heterocycles. The lowest BCUT2D eigenvalue weighted by Crippen LogP contribution is -2.54. The first-order valence-corrected chi connectivity index (χ1v) is 16.1. The molecule has 3 N–H and O–H groups in total. The van der Waals surface area contributed by atoms with Crippen LogP contribution in [0.3, 0.4) is 0 Å². The maximum atomic E-state index is 16.8. The Balaban J connectivity index is 1.28. The van der Waals surface area contributed by atoms with Gasteiger partial charge in [0.25, 0.3) is 0 Å². The third kappa shape index (κ3) is 4.51. The highest BCUT2D eigenvalue weighted by atomic mass is 35.5. The molecule has 13 heteroatoms. The fraction of sp³-hybridized carbons (Fsp3) is 0.500. The predicted octanol–water partition coefficient (Wildman–Crippen LogP) is 5.71. The zero-order valence-electron chi connectivity index (χ0n) is 23.4. The molecule has 5 saturated heterocycles. The van der Waals surface area contributed by atoms with Gasteiger partial charge >= 0.3 is 6.01 Å². The largest absolute Gasteiger partial charge is 0.461 e. The summed E-state index contributed by atoms with van der Waals surface area (Å²) in [5, 5.41) is 4.40. The van der Waals surface area contributed by atoms with Crippen LogP contribution in [0.15, 0.2) is 18.2 Å². The predicted molar refractivity (Wildman–Crippen MR) is 163 cm³/mol. The maximum absolute atomic E-state index is 16.8. The fourth-order valence-corrected chi connectivity index (χ4v) is 8.76. The van der Waals surface area contributed by atoms with E-state index in [9.17, 15) is 8.78 Å². The van der Waals surface area contributed by atoms with Gasteiger partial charge in [0.1, 0.15) is 29.9 Å². The lowest BCUT2D eigenvalue weighted by Gasteiger charge is -2.39. The summed E-state index contributed by atoms with van der Waals surface area (Å²) in [5.74, 6) is -0.583. The lowest BCUT2D eigenvalue weighted by atomic mass is 9.95. The molecule has 5 aliphatic heterocycles. The summed E-state index contributed by atoms with van der Waals surface area (Å²) in [6.07, 6.45) is 4.44. The van der Waals surface area contributed by atoms with Crippen molar-refractivity contribution in [1.82, 2.24) is 25.2 Å². The molecule has 2 bridgehead atoms. The number of nitrogens with two attached hydrogens (primary N) is 1. The summed E-state index contributed by atoms with van der Waals surface area (Å²) >= 11 is 7.82. The number of fused-ring (bicyclic) bond motifs is 7. The van der Waals surface area contributed by atoms with Gasteiger partial charge < -0.3 is 20.7 Å². The minimum Gasteiger partial charge on any atom is -0.461 e. The number of ether oxygens (including phenoxy) is 1. The van der Waals surface area contributed by atoms with E-state index in [1.54, 1.807) is 6.07 Å². The topological polar surface area (TPSA) is 92.4 Å². The number of piperazine rings is 1. The first kappa shape index (κ1) is 27.6. The smallest absolute Gasteiger partial charge is 0.319 e. The van der Waals surface area contributed by atoms with Crippen LogP contribution < -0.4 is 20.7 Å². The van der Waals surface area contributed by atoms with Crippen LogP contribution in [0.25, 0.3) is 32.2 Å². The number of nitrogens with one attached hydrogen (secondary N) is 1. The van der Waals surface area contributed by atoms with Crippen molar-refractivity contribution in [3.05, 3.63) is 34.9 Å². The van der Waals surface area contributed by atoms with Gasteiger partial charge in [-0.1, -0.05) is 22.9 Å². The fourth-order valence-electron chi connectivity index (χ4n) is 7.71. The van der Waals surface area contributed by atoms with Crippen LogP contribution in [-0.2, 0) is 0 Å². The second-order valence-corrected chi connectivity index (χ2v) is 13.7. The second-order valence-electron chi connectivity index (χ2n) is 12.3. The summed E-state index contributed by atoms with van der Waals surface area (Å²) in [5.41, 5.74) is 6.20. The summed E-state index contributed by atoms with van der Waals surface area (Å²) < 4.78 is 52.3. The molecule has 0 radical (unpaired) electrons. The van der Waals surface area contributed by atoms with Crippen LogP contribution in [0.4, 0.5) is 24.1 Å². The van der Waals surface area contributed by atoms with E-state index in [0.717, 1.165) is 63.1 Å². The number of hydrogen-bond acceptors (Lipinski definition) is 9. The second kappa shape index (κ2) is 10.3. The van der Waals surface area contributed by atoms with E-state index in [0.29, 0.717) is 35.8 Å². The third-order valence-electron chi connectivity index (χ3n) is 9.72. The molecule has 2 unspecified atom stereocenters. The zero-order chi connectivity index (χ0) is 29.5. The number of nitrogens with zero attached hydrogens (tertiary/aromatic N) is 5. The van der Waals surface area contributed by atoms with Crippen molar-refractivity contribution in [2.45, 2.75) is 62.3 Å². The molecule has 0 spiro atoms. The number of benzene rings is 2. The third-order valence-corrected chi connectivity index (χ3v) is 10.9.